The van der Waals surface area contributed by atoms with Gasteiger partial charge in [-0.05, 0) is 37.5 Å². The Morgan fingerprint density at radius 2 is 1.21 bits per heavy atom. The molecule has 0 spiro atoms. The molecule has 4 N–H and O–H groups in total. The lowest BCUT2D eigenvalue weighted by atomic mass is 9.84. The van der Waals surface area contributed by atoms with E-state index in [4.69, 9.17) is 20.4 Å². The Balaban J connectivity index is 3.97. The van der Waals surface area contributed by atoms with Crippen molar-refractivity contribution in [1.29, 1.82) is 0 Å². The van der Waals surface area contributed by atoms with Crippen LogP contribution in [-0.4, -0.2) is 46.9 Å². The quantitative estimate of drug-likeness (QED) is 0.419. The summed E-state index contributed by atoms with van der Waals surface area (Å²) in [6.45, 7) is 0.333. The molecule has 0 aromatic rings. The molecule has 0 saturated carbocycles. The van der Waals surface area contributed by atoms with Crippen LogP contribution in [0.15, 0.2) is 0 Å². The zero-order valence-corrected chi connectivity index (χ0v) is 8.60. The van der Waals surface area contributed by atoms with Crippen molar-refractivity contribution in [3.8, 4) is 0 Å². The fourth-order valence-corrected chi connectivity index (χ4v) is 1.78. The topological polar surface area (TPSA) is 80.9 Å². The van der Waals surface area contributed by atoms with Crippen LogP contribution in [0.3, 0.4) is 0 Å². The number of hydrogen-bond donors (Lipinski definition) is 4. The molecule has 0 aromatic heterocycles. The zero-order chi connectivity index (χ0) is 10.8. The van der Waals surface area contributed by atoms with Gasteiger partial charge in [0.15, 0.2) is 0 Å². The van der Waals surface area contributed by atoms with Gasteiger partial charge in [-0.25, -0.2) is 0 Å². The fraction of sp³-hybridized carbons (Fsp3) is 1.00. The maximum Gasteiger partial charge on any atom is 0.0462 e. The van der Waals surface area contributed by atoms with Crippen LogP contribution in [0.25, 0.3) is 0 Å². The molecule has 0 aliphatic rings. The molecule has 0 fully saturated rings. The van der Waals surface area contributed by atoms with Gasteiger partial charge in [0.1, 0.15) is 0 Å². The molecule has 0 saturated heterocycles. The van der Waals surface area contributed by atoms with E-state index in [2.05, 4.69) is 0 Å². The van der Waals surface area contributed by atoms with Crippen LogP contribution in [0.1, 0.15) is 25.7 Å². The van der Waals surface area contributed by atoms with Crippen molar-refractivity contribution >= 4 is 0 Å². The highest BCUT2D eigenvalue weighted by Crippen LogP contribution is 2.23. The molecule has 0 heterocycles. The highest BCUT2D eigenvalue weighted by Gasteiger charge is 2.19. The van der Waals surface area contributed by atoms with Crippen LogP contribution in [0, 0.1) is 11.8 Å². The molecular formula is C10H22O4. The lowest BCUT2D eigenvalue weighted by Crippen LogP contribution is -2.21. The Hall–Kier alpha value is -0.160. The molecule has 14 heavy (non-hydrogen) atoms. The van der Waals surface area contributed by atoms with Gasteiger partial charge >= 0.3 is 0 Å². The van der Waals surface area contributed by atoms with Gasteiger partial charge in [0.2, 0.25) is 0 Å². The normalized spacial score (nSPS) is 15.4. The highest BCUT2D eigenvalue weighted by atomic mass is 16.3. The molecule has 86 valence electrons. The van der Waals surface area contributed by atoms with Gasteiger partial charge in [0, 0.05) is 26.4 Å². The molecule has 0 aliphatic heterocycles. The largest absolute Gasteiger partial charge is 0.396 e. The van der Waals surface area contributed by atoms with E-state index >= 15 is 0 Å². The van der Waals surface area contributed by atoms with Crippen LogP contribution in [0.4, 0.5) is 0 Å². The first kappa shape index (κ1) is 13.8. The average molecular weight is 206 g/mol. The van der Waals surface area contributed by atoms with Crippen molar-refractivity contribution in [2.24, 2.45) is 11.8 Å². The SMILES string of the molecule is OCCCC(CCO)C(CO)CCO. The van der Waals surface area contributed by atoms with Crippen LogP contribution < -0.4 is 0 Å². The third-order valence-corrected chi connectivity index (χ3v) is 2.63. The van der Waals surface area contributed by atoms with E-state index in [1.807, 2.05) is 0 Å². The Kier molecular flexibility index (Phi) is 9.29. The van der Waals surface area contributed by atoms with Gasteiger partial charge in [-0.15, -0.1) is 0 Å². The maximum absolute atomic E-state index is 9.10. The second-order valence-corrected chi connectivity index (χ2v) is 3.59. The van der Waals surface area contributed by atoms with Crippen LogP contribution >= 0.6 is 0 Å². The van der Waals surface area contributed by atoms with Crippen molar-refractivity contribution < 1.29 is 20.4 Å². The minimum absolute atomic E-state index is 0.0383. The third kappa shape index (κ3) is 5.54. The molecule has 0 amide bonds. The van der Waals surface area contributed by atoms with Crippen LogP contribution in [0.2, 0.25) is 0 Å². The zero-order valence-electron chi connectivity index (χ0n) is 8.60. The summed E-state index contributed by atoms with van der Waals surface area (Å²) in [5.41, 5.74) is 0. The van der Waals surface area contributed by atoms with E-state index in [1.54, 1.807) is 0 Å². The first-order chi connectivity index (χ1) is 6.79. The van der Waals surface area contributed by atoms with Crippen molar-refractivity contribution in [1.82, 2.24) is 0 Å². The number of aliphatic hydroxyl groups is 4. The summed E-state index contributed by atoms with van der Waals surface area (Å²) >= 11 is 0. The summed E-state index contributed by atoms with van der Waals surface area (Å²) in [6.07, 6.45) is 2.67. The van der Waals surface area contributed by atoms with E-state index in [0.29, 0.717) is 19.3 Å². The van der Waals surface area contributed by atoms with E-state index in [9.17, 15) is 0 Å². The van der Waals surface area contributed by atoms with Crippen LogP contribution in [-0.2, 0) is 0 Å². The summed E-state index contributed by atoms with van der Waals surface area (Å²) in [4.78, 5) is 0. The molecule has 0 radical (unpaired) electrons. The minimum atomic E-state index is 0.0383. The molecule has 0 aliphatic carbocycles. The fourth-order valence-electron chi connectivity index (χ4n) is 1.78. The monoisotopic (exact) mass is 206 g/mol. The highest BCUT2D eigenvalue weighted by molar-refractivity contribution is 4.69. The van der Waals surface area contributed by atoms with Crippen molar-refractivity contribution in [2.75, 3.05) is 26.4 Å². The number of rotatable bonds is 9. The second kappa shape index (κ2) is 9.40. The van der Waals surface area contributed by atoms with Crippen molar-refractivity contribution in [3.63, 3.8) is 0 Å². The van der Waals surface area contributed by atoms with Crippen molar-refractivity contribution in [3.05, 3.63) is 0 Å². The van der Waals surface area contributed by atoms with Gasteiger partial charge in [0.05, 0.1) is 0 Å². The predicted molar refractivity (Wildman–Crippen MR) is 53.8 cm³/mol. The first-order valence-corrected chi connectivity index (χ1v) is 5.23. The lowest BCUT2D eigenvalue weighted by molar-refractivity contribution is 0.111. The minimum Gasteiger partial charge on any atom is -0.396 e. The average Bonchev–Trinajstić information content (AvgIpc) is 2.21. The standard InChI is InChI=1S/C10H22O4/c11-5-1-2-9(3-6-12)10(8-14)4-7-13/h9-14H,1-8H2. The summed E-state index contributed by atoms with van der Waals surface area (Å²) in [7, 11) is 0. The van der Waals surface area contributed by atoms with Crippen molar-refractivity contribution in [2.45, 2.75) is 25.7 Å². The Morgan fingerprint density at radius 3 is 1.64 bits per heavy atom. The molecule has 2 unspecified atom stereocenters. The maximum atomic E-state index is 9.10. The molecule has 0 aromatic carbocycles. The smallest absolute Gasteiger partial charge is 0.0462 e. The van der Waals surface area contributed by atoms with Gasteiger partial charge in [-0.3, -0.25) is 0 Å². The molecular weight excluding hydrogens is 184 g/mol. The van der Waals surface area contributed by atoms with E-state index < -0.39 is 0 Å². The molecule has 2 atom stereocenters. The summed E-state index contributed by atoms with van der Waals surface area (Å²) in [6, 6.07) is 0. The number of aliphatic hydroxyl groups excluding tert-OH is 4. The summed E-state index contributed by atoms with van der Waals surface area (Å²) in [5, 5.41) is 35.4. The van der Waals surface area contributed by atoms with Gasteiger partial charge in [-0.1, -0.05) is 0 Å². The first-order valence-electron chi connectivity index (χ1n) is 5.23. The molecule has 0 bridgehead atoms. The van der Waals surface area contributed by atoms with Crippen LogP contribution in [0.5, 0.6) is 0 Å². The van der Waals surface area contributed by atoms with E-state index in [1.165, 1.54) is 0 Å². The Morgan fingerprint density at radius 1 is 0.643 bits per heavy atom. The predicted octanol–water partition coefficient (Wildman–Crippen LogP) is -0.252. The molecule has 4 heteroatoms. The number of hydrogen-bond acceptors (Lipinski definition) is 4. The summed E-state index contributed by atoms with van der Waals surface area (Å²) < 4.78 is 0. The lowest BCUT2D eigenvalue weighted by Gasteiger charge is -2.24. The van der Waals surface area contributed by atoms with E-state index in [0.717, 1.165) is 6.42 Å². The second-order valence-electron chi connectivity index (χ2n) is 3.59. The van der Waals surface area contributed by atoms with Gasteiger partial charge in [0.25, 0.3) is 0 Å². The van der Waals surface area contributed by atoms with Gasteiger partial charge in [-0.2, -0.15) is 0 Å². The Labute approximate surface area is 85.2 Å². The van der Waals surface area contributed by atoms with E-state index in [-0.39, 0.29) is 38.3 Å². The third-order valence-electron chi connectivity index (χ3n) is 2.63. The molecule has 0 rings (SSSR count). The van der Waals surface area contributed by atoms with Gasteiger partial charge < -0.3 is 20.4 Å². The Bertz CT molecular complexity index is 119. The molecule has 4 nitrogen and oxygen atoms in total. The summed E-state index contributed by atoms with van der Waals surface area (Å²) in [5.74, 6) is 0.239.